The number of rotatable bonds is 6. The SMILES string of the molecule is Cc1cc(=O)[nH]c(NCCNc2cc(C3CC(N)C3)nc(N)n2)n1. The predicted molar refractivity (Wildman–Crippen MR) is 93.0 cm³/mol. The molecule has 2 heterocycles. The second kappa shape index (κ2) is 6.83. The minimum Gasteiger partial charge on any atom is -0.368 e. The van der Waals surface area contributed by atoms with Gasteiger partial charge in [-0.05, 0) is 19.8 Å². The maximum Gasteiger partial charge on any atom is 0.252 e. The van der Waals surface area contributed by atoms with Crippen LogP contribution in [0.3, 0.4) is 0 Å². The van der Waals surface area contributed by atoms with E-state index in [-0.39, 0.29) is 17.5 Å². The van der Waals surface area contributed by atoms with Crippen molar-refractivity contribution in [2.24, 2.45) is 5.73 Å². The third kappa shape index (κ3) is 3.99. The molecule has 1 saturated carbocycles. The van der Waals surface area contributed by atoms with Crippen molar-refractivity contribution >= 4 is 17.7 Å². The van der Waals surface area contributed by atoms with Crippen molar-refractivity contribution in [1.29, 1.82) is 0 Å². The van der Waals surface area contributed by atoms with Crippen molar-refractivity contribution in [2.75, 3.05) is 29.5 Å². The van der Waals surface area contributed by atoms with Gasteiger partial charge in [-0.15, -0.1) is 0 Å². The number of nitrogen functional groups attached to an aromatic ring is 1. The molecule has 0 aliphatic heterocycles. The Hall–Kier alpha value is -2.68. The average molecular weight is 330 g/mol. The molecule has 0 amide bonds. The minimum absolute atomic E-state index is 0.176. The molecule has 24 heavy (non-hydrogen) atoms. The normalized spacial score (nSPS) is 19.6. The molecule has 2 aromatic heterocycles. The van der Waals surface area contributed by atoms with Gasteiger partial charge in [-0.2, -0.15) is 4.98 Å². The summed E-state index contributed by atoms with van der Waals surface area (Å²) in [5.41, 5.74) is 13.0. The lowest BCUT2D eigenvalue weighted by molar-refractivity contribution is 0.345. The van der Waals surface area contributed by atoms with E-state index in [0.29, 0.717) is 36.5 Å². The van der Waals surface area contributed by atoms with Crippen LogP contribution in [-0.2, 0) is 0 Å². The van der Waals surface area contributed by atoms with Crippen LogP contribution in [0.1, 0.15) is 30.1 Å². The number of aryl methyl sites for hydroxylation is 1. The minimum atomic E-state index is -0.176. The highest BCUT2D eigenvalue weighted by Crippen LogP contribution is 2.35. The van der Waals surface area contributed by atoms with Crippen LogP contribution in [-0.4, -0.2) is 39.1 Å². The zero-order chi connectivity index (χ0) is 17.1. The Kier molecular flexibility index (Phi) is 4.61. The summed E-state index contributed by atoms with van der Waals surface area (Å²) in [7, 11) is 0. The number of nitrogens with one attached hydrogen (secondary N) is 3. The molecule has 1 aliphatic carbocycles. The molecule has 1 aliphatic rings. The number of hydrogen-bond acceptors (Lipinski definition) is 8. The van der Waals surface area contributed by atoms with Crippen LogP contribution in [0.5, 0.6) is 0 Å². The Morgan fingerprint density at radius 3 is 2.67 bits per heavy atom. The maximum absolute atomic E-state index is 11.4. The van der Waals surface area contributed by atoms with Crippen LogP contribution in [0.15, 0.2) is 16.9 Å². The first-order valence-electron chi connectivity index (χ1n) is 7.95. The van der Waals surface area contributed by atoms with Crippen molar-refractivity contribution < 1.29 is 0 Å². The number of H-pyrrole nitrogens is 1. The fourth-order valence-corrected chi connectivity index (χ4v) is 2.72. The molecule has 1 fully saturated rings. The Balaban J connectivity index is 1.54. The third-order valence-corrected chi connectivity index (χ3v) is 3.95. The largest absolute Gasteiger partial charge is 0.368 e. The predicted octanol–water partition coefficient (Wildman–Crippen LogP) is 0.179. The van der Waals surface area contributed by atoms with Gasteiger partial charge in [-0.3, -0.25) is 9.78 Å². The van der Waals surface area contributed by atoms with E-state index in [9.17, 15) is 4.79 Å². The van der Waals surface area contributed by atoms with Gasteiger partial charge in [0.05, 0.1) is 5.69 Å². The van der Waals surface area contributed by atoms with Crippen molar-refractivity contribution in [2.45, 2.75) is 31.7 Å². The molecular formula is C15H22N8O. The first-order chi connectivity index (χ1) is 11.5. The molecular weight excluding hydrogens is 308 g/mol. The fraction of sp³-hybridized carbons (Fsp3) is 0.467. The number of anilines is 3. The van der Waals surface area contributed by atoms with E-state index in [1.165, 1.54) is 6.07 Å². The van der Waals surface area contributed by atoms with E-state index in [2.05, 4.69) is 30.6 Å². The van der Waals surface area contributed by atoms with Gasteiger partial charge >= 0.3 is 0 Å². The number of aromatic nitrogens is 4. The van der Waals surface area contributed by atoms with Crippen LogP contribution < -0.4 is 27.7 Å². The molecule has 0 saturated heterocycles. The second-order valence-corrected chi connectivity index (χ2v) is 6.05. The molecule has 3 rings (SSSR count). The molecule has 0 bridgehead atoms. The summed E-state index contributed by atoms with van der Waals surface area (Å²) < 4.78 is 0. The topological polar surface area (TPSA) is 148 Å². The zero-order valence-electron chi connectivity index (χ0n) is 13.5. The molecule has 9 nitrogen and oxygen atoms in total. The highest BCUT2D eigenvalue weighted by molar-refractivity contribution is 5.42. The smallest absolute Gasteiger partial charge is 0.252 e. The van der Waals surface area contributed by atoms with E-state index < -0.39 is 0 Å². The van der Waals surface area contributed by atoms with E-state index >= 15 is 0 Å². The van der Waals surface area contributed by atoms with Gasteiger partial charge in [-0.25, -0.2) is 9.97 Å². The first-order valence-corrected chi connectivity index (χ1v) is 7.95. The van der Waals surface area contributed by atoms with Crippen molar-refractivity contribution in [1.82, 2.24) is 19.9 Å². The Bertz CT molecular complexity index is 768. The van der Waals surface area contributed by atoms with Gasteiger partial charge in [0.1, 0.15) is 5.82 Å². The van der Waals surface area contributed by atoms with Crippen LogP contribution in [0.4, 0.5) is 17.7 Å². The van der Waals surface area contributed by atoms with Gasteiger partial charge in [0.25, 0.3) is 5.56 Å². The van der Waals surface area contributed by atoms with Crippen molar-refractivity contribution in [3.63, 3.8) is 0 Å². The highest BCUT2D eigenvalue weighted by atomic mass is 16.1. The Morgan fingerprint density at radius 1 is 1.21 bits per heavy atom. The highest BCUT2D eigenvalue weighted by Gasteiger charge is 2.29. The average Bonchev–Trinajstić information content (AvgIpc) is 2.47. The fourth-order valence-electron chi connectivity index (χ4n) is 2.72. The van der Waals surface area contributed by atoms with E-state index in [4.69, 9.17) is 11.5 Å². The van der Waals surface area contributed by atoms with Gasteiger partial charge in [0, 0.05) is 42.9 Å². The monoisotopic (exact) mass is 330 g/mol. The molecule has 0 aromatic carbocycles. The summed E-state index contributed by atoms with van der Waals surface area (Å²) in [6.45, 7) is 2.94. The summed E-state index contributed by atoms with van der Waals surface area (Å²) in [4.78, 5) is 26.7. The van der Waals surface area contributed by atoms with Gasteiger partial charge in [0.15, 0.2) is 0 Å². The summed E-state index contributed by atoms with van der Waals surface area (Å²) in [6.07, 6.45) is 1.87. The summed E-state index contributed by atoms with van der Waals surface area (Å²) in [5, 5.41) is 6.25. The van der Waals surface area contributed by atoms with Crippen molar-refractivity contribution in [3.8, 4) is 0 Å². The zero-order valence-corrected chi connectivity index (χ0v) is 13.5. The maximum atomic E-state index is 11.4. The van der Waals surface area contributed by atoms with Gasteiger partial charge in [-0.1, -0.05) is 0 Å². The lowest BCUT2D eigenvalue weighted by Crippen LogP contribution is -2.35. The molecule has 0 radical (unpaired) electrons. The molecule has 128 valence electrons. The number of nitrogens with two attached hydrogens (primary N) is 2. The van der Waals surface area contributed by atoms with Crippen molar-refractivity contribution in [3.05, 3.63) is 33.9 Å². The quantitative estimate of drug-likeness (QED) is 0.471. The molecule has 0 unspecified atom stereocenters. The summed E-state index contributed by atoms with van der Waals surface area (Å²) in [6, 6.07) is 3.62. The number of hydrogen-bond donors (Lipinski definition) is 5. The molecule has 2 aromatic rings. The lowest BCUT2D eigenvalue weighted by Gasteiger charge is -2.32. The van der Waals surface area contributed by atoms with Crippen LogP contribution >= 0.6 is 0 Å². The van der Waals surface area contributed by atoms with Crippen LogP contribution in [0.2, 0.25) is 0 Å². The van der Waals surface area contributed by atoms with E-state index in [0.717, 1.165) is 18.5 Å². The van der Waals surface area contributed by atoms with E-state index in [1.807, 2.05) is 6.07 Å². The molecule has 9 heteroatoms. The van der Waals surface area contributed by atoms with Crippen LogP contribution in [0.25, 0.3) is 0 Å². The van der Waals surface area contributed by atoms with E-state index in [1.54, 1.807) is 6.92 Å². The molecule has 0 spiro atoms. The number of nitrogens with zero attached hydrogens (tertiary/aromatic N) is 3. The lowest BCUT2D eigenvalue weighted by atomic mass is 9.78. The van der Waals surface area contributed by atoms with Crippen LogP contribution in [0, 0.1) is 6.92 Å². The Morgan fingerprint density at radius 2 is 1.96 bits per heavy atom. The van der Waals surface area contributed by atoms with Gasteiger partial charge < -0.3 is 22.1 Å². The Labute approximate surface area is 139 Å². The molecule has 0 atom stereocenters. The first kappa shape index (κ1) is 16.2. The summed E-state index contributed by atoms with van der Waals surface area (Å²) in [5.74, 6) is 1.76. The third-order valence-electron chi connectivity index (χ3n) is 3.95. The van der Waals surface area contributed by atoms with Gasteiger partial charge in [0.2, 0.25) is 11.9 Å². The second-order valence-electron chi connectivity index (χ2n) is 6.05. The standard InChI is InChI=1S/C15H22N8O/c1-8-4-13(24)23-15(20-8)19-3-2-18-12-7-11(21-14(17)22-12)9-5-10(16)6-9/h4,7,9-10H,2-3,5-6,16H2,1H3,(H3,17,18,21,22)(H2,19,20,23,24). The molecule has 7 N–H and O–H groups in total. The number of aromatic amines is 1. The summed E-state index contributed by atoms with van der Waals surface area (Å²) >= 11 is 0.